The van der Waals surface area contributed by atoms with Crippen molar-refractivity contribution in [2.75, 3.05) is 23.3 Å². The van der Waals surface area contributed by atoms with Crippen LogP contribution >= 0.6 is 0 Å². The number of hydrogen-bond donors (Lipinski definition) is 1. The topological polar surface area (TPSA) is 63.7 Å². The number of aromatic nitrogens is 1. The standard InChI is InChI=1S/C22H25N3O3/c26-21(17-7-6-12-23-20(17)25-13-4-1-5-14-25)24-16-8-9-18-19(15-16)28-22(27-18)10-2-3-11-22/h6-9,12,15H,1-5,10-11,13-14H2,(H,24,26). The highest BCUT2D eigenvalue weighted by Crippen LogP contribution is 2.47. The highest BCUT2D eigenvalue weighted by atomic mass is 16.7. The first-order valence-corrected chi connectivity index (χ1v) is 10.3. The quantitative estimate of drug-likeness (QED) is 0.858. The van der Waals surface area contributed by atoms with Crippen molar-refractivity contribution in [2.24, 2.45) is 0 Å². The number of nitrogens with one attached hydrogen (secondary N) is 1. The molecule has 2 fully saturated rings. The summed E-state index contributed by atoms with van der Waals surface area (Å²) in [5.74, 6) is 1.60. The highest BCUT2D eigenvalue weighted by molar-refractivity contribution is 6.07. The number of benzene rings is 1. The van der Waals surface area contributed by atoms with Crippen molar-refractivity contribution in [3.63, 3.8) is 0 Å². The number of pyridine rings is 1. The van der Waals surface area contributed by atoms with Gasteiger partial charge in [0.2, 0.25) is 0 Å². The minimum atomic E-state index is -0.490. The Morgan fingerprint density at radius 3 is 2.61 bits per heavy atom. The molecule has 0 unspecified atom stereocenters. The molecule has 1 N–H and O–H groups in total. The lowest BCUT2D eigenvalue weighted by Crippen LogP contribution is -2.34. The molecule has 146 valence electrons. The van der Waals surface area contributed by atoms with Crippen LogP contribution in [0.15, 0.2) is 36.5 Å². The number of anilines is 2. The fourth-order valence-corrected chi connectivity index (χ4v) is 4.42. The first kappa shape index (κ1) is 17.3. The van der Waals surface area contributed by atoms with Gasteiger partial charge in [0.15, 0.2) is 11.5 Å². The maximum atomic E-state index is 13.0. The molecule has 1 saturated heterocycles. The molecule has 6 heteroatoms. The zero-order chi connectivity index (χ0) is 19.0. The Bertz CT molecular complexity index is 886. The largest absolute Gasteiger partial charge is 0.448 e. The van der Waals surface area contributed by atoms with Crippen molar-refractivity contribution >= 4 is 17.4 Å². The van der Waals surface area contributed by atoms with Crippen molar-refractivity contribution in [2.45, 2.75) is 50.7 Å². The van der Waals surface area contributed by atoms with Gasteiger partial charge in [-0.05, 0) is 56.4 Å². The van der Waals surface area contributed by atoms with Gasteiger partial charge >= 0.3 is 0 Å². The normalized spacial score (nSPS) is 19.8. The lowest BCUT2D eigenvalue weighted by molar-refractivity contribution is -0.0716. The summed E-state index contributed by atoms with van der Waals surface area (Å²) in [7, 11) is 0. The van der Waals surface area contributed by atoms with Crippen LogP contribution in [0.4, 0.5) is 11.5 Å². The molecule has 1 aromatic heterocycles. The Morgan fingerprint density at radius 1 is 1.00 bits per heavy atom. The van der Waals surface area contributed by atoms with E-state index in [1.807, 2.05) is 30.3 Å². The maximum Gasteiger partial charge on any atom is 0.259 e. The van der Waals surface area contributed by atoms with Crippen molar-refractivity contribution < 1.29 is 14.3 Å². The van der Waals surface area contributed by atoms with Crippen LogP contribution in [0.1, 0.15) is 55.3 Å². The van der Waals surface area contributed by atoms with Gasteiger partial charge in [-0.1, -0.05) is 0 Å². The highest BCUT2D eigenvalue weighted by Gasteiger charge is 2.44. The number of hydrogen-bond acceptors (Lipinski definition) is 5. The molecule has 3 heterocycles. The van der Waals surface area contributed by atoms with Crippen molar-refractivity contribution in [3.05, 3.63) is 42.1 Å². The molecule has 5 rings (SSSR count). The average Bonchev–Trinajstić information content (AvgIpc) is 3.34. The molecule has 1 spiro atoms. The third-order valence-electron chi connectivity index (χ3n) is 5.85. The molecule has 6 nitrogen and oxygen atoms in total. The second-order valence-electron chi connectivity index (χ2n) is 7.86. The third kappa shape index (κ3) is 3.17. The summed E-state index contributed by atoms with van der Waals surface area (Å²) in [6.45, 7) is 1.90. The van der Waals surface area contributed by atoms with Crippen molar-refractivity contribution in [3.8, 4) is 11.5 Å². The van der Waals surface area contributed by atoms with E-state index in [2.05, 4.69) is 15.2 Å². The number of amides is 1. The molecule has 1 aliphatic carbocycles. The number of ether oxygens (including phenoxy) is 2. The van der Waals surface area contributed by atoms with Crippen molar-refractivity contribution in [1.29, 1.82) is 0 Å². The van der Waals surface area contributed by atoms with Gasteiger partial charge in [-0.15, -0.1) is 0 Å². The molecular weight excluding hydrogens is 354 g/mol. The number of nitrogens with zero attached hydrogens (tertiary/aromatic N) is 2. The number of carbonyl (C=O) groups excluding carboxylic acids is 1. The molecular formula is C22H25N3O3. The molecule has 0 atom stereocenters. The summed E-state index contributed by atoms with van der Waals surface area (Å²) in [5.41, 5.74) is 1.31. The lowest BCUT2D eigenvalue weighted by atomic mass is 10.1. The fourth-order valence-electron chi connectivity index (χ4n) is 4.42. The minimum Gasteiger partial charge on any atom is -0.448 e. The van der Waals surface area contributed by atoms with Crippen LogP contribution < -0.4 is 19.7 Å². The number of fused-ring (bicyclic) bond motifs is 1. The SMILES string of the molecule is O=C(Nc1ccc2c(c1)OC1(CCCC1)O2)c1cccnc1N1CCCCC1. The summed E-state index contributed by atoms with van der Waals surface area (Å²) in [4.78, 5) is 19.7. The van der Waals surface area contributed by atoms with Gasteiger partial charge in [-0.25, -0.2) is 4.98 Å². The van der Waals surface area contributed by atoms with Gasteiger partial charge in [0.05, 0.1) is 5.56 Å². The molecule has 0 bridgehead atoms. The monoisotopic (exact) mass is 379 g/mol. The minimum absolute atomic E-state index is 0.150. The van der Waals surface area contributed by atoms with Crippen LogP contribution in [0.25, 0.3) is 0 Å². The number of carbonyl (C=O) groups is 1. The summed E-state index contributed by atoms with van der Waals surface area (Å²) < 4.78 is 12.2. The Kier molecular flexibility index (Phi) is 4.34. The first-order chi connectivity index (χ1) is 13.7. The summed E-state index contributed by atoms with van der Waals surface area (Å²) in [6.07, 6.45) is 9.35. The fraction of sp³-hybridized carbons (Fsp3) is 0.455. The third-order valence-corrected chi connectivity index (χ3v) is 5.85. The smallest absolute Gasteiger partial charge is 0.259 e. The Hall–Kier alpha value is -2.76. The van der Waals surface area contributed by atoms with Crippen LogP contribution in [0, 0.1) is 0 Å². The molecule has 1 saturated carbocycles. The van der Waals surface area contributed by atoms with Crippen LogP contribution in [-0.2, 0) is 0 Å². The zero-order valence-electron chi connectivity index (χ0n) is 15.9. The second-order valence-corrected chi connectivity index (χ2v) is 7.86. The zero-order valence-corrected chi connectivity index (χ0v) is 15.9. The van der Waals surface area contributed by atoms with Gasteiger partial charge in [-0.3, -0.25) is 4.79 Å². The van der Waals surface area contributed by atoms with E-state index in [4.69, 9.17) is 9.47 Å². The van der Waals surface area contributed by atoms with Gasteiger partial charge in [0.1, 0.15) is 5.82 Å². The average molecular weight is 379 g/mol. The molecule has 1 aromatic carbocycles. The number of piperidine rings is 1. The summed E-state index contributed by atoms with van der Waals surface area (Å²) in [5, 5.41) is 3.01. The summed E-state index contributed by atoms with van der Waals surface area (Å²) in [6, 6.07) is 9.26. The predicted octanol–water partition coefficient (Wildman–Crippen LogP) is 4.37. The number of rotatable bonds is 3. The van der Waals surface area contributed by atoms with Gasteiger partial charge < -0.3 is 19.7 Å². The Balaban J connectivity index is 1.35. The second kappa shape index (κ2) is 7.00. The van der Waals surface area contributed by atoms with Crippen LogP contribution in [0.2, 0.25) is 0 Å². The van der Waals surface area contributed by atoms with E-state index in [0.717, 1.165) is 63.2 Å². The van der Waals surface area contributed by atoms with E-state index in [-0.39, 0.29) is 5.91 Å². The molecule has 28 heavy (non-hydrogen) atoms. The van der Waals surface area contributed by atoms with Crippen LogP contribution in [-0.4, -0.2) is 29.8 Å². The van der Waals surface area contributed by atoms with E-state index >= 15 is 0 Å². The lowest BCUT2D eigenvalue weighted by Gasteiger charge is -2.29. The van der Waals surface area contributed by atoms with E-state index < -0.39 is 5.79 Å². The molecule has 2 aliphatic heterocycles. The molecule has 3 aliphatic rings. The molecule has 0 radical (unpaired) electrons. The Labute approximate surface area is 164 Å². The molecule has 2 aromatic rings. The van der Waals surface area contributed by atoms with E-state index in [1.165, 1.54) is 6.42 Å². The van der Waals surface area contributed by atoms with E-state index in [0.29, 0.717) is 17.0 Å². The molecule has 1 amide bonds. The van der Waals surface area contributed by atoms with Gasteiger partial charge in [0.25, 0.3) is 11.7 Å². The van der Waals surface area contributed by atoms with Gasteiger partial charge in [-0.2, -0.15) is 0 Å². The van der Waals surface area contributed by atoms with E-state index in [9.17, 15) is 4.79 Å². The Morgan fingerprint density at radius 2 is 1.79 bits per heavy atom. The summed E-state index contributed by atoms with van der Waals surface area (Å²) >= 11 is 0. The van der Waals surface area contributed by atoms with Crippen molar-refractivity contribution in [1.82, 2.24) is 4.98 Å². The van der Waals surface area contributed by atoms with Gasteiger partial charge in [0, 0.05) is 43.9 Å². The van der Waals surface area contributed by atoms with E-state index in [1.54, 1.807) is 6.20 Å². The predicted molar refractivity (Wildman–Crippen MR) is 107 cm³/mol. The first-order valence-electron chi connectivity index (χ1n) is 10.3. The van der Waals surface area contributed by atoms with Crippen LogP contribution in [0.3, 0.4) is 0 Å². The maximum absolute atomic E-state index is 13.0. The van der Waals surface area contributed by atoms with Crippen LogP contribution in [0.5, 0.6) is 11.5 Å².